The van der Waals surface area contributed by atoms with Gasteiger partial charge in [0.25, 0.3) is 0 Å². The fourth-order valence-electron chi connectivity index (χ4n) is 0.562. The van der Waals surface area contributed by atoms with Gasteiger partial charge in [-0.2, -0.15) is 5.26 Å². The molecular weight excluding hydrogens is 142 g/mol. The molecule has 4 nitrogen and oxygen atoms in total. The topological polar surface area (TPSA) is 78.9 Å². The second-order valence-electron chi connectivity index (χ2n) is 2.56. The Bertz CT molecular complexity index is 171. The maximum absolute atomic E-state index is 10.9. The molecule has 4 heteroatoms. The van der Waals surface area contributed by atoms with E-state index in [-0.39, 0.29) is 11.9 Å². The number of carbonyl (C=O) groups is 1. The molecule has 0 aliphatic carbocycles. The van der Waals surface area contributed by atoms with Gasteiger partial charge in [-0.1, -0.05) is 0 Å². The van der Waals surface area contributed by atoms with E-state index in [0.29, 0.717) is 6.42 Å². The normalized spacial score (nSPS) is 14.7. The van der Waals surface area contributed by atoms with Crippen molar-refractivity contribution in [3.63, 3.8) is 0 Å². The smallest absolute Gasteiger partial charge is 0.236 e. The van der Waals surface area contributed by atoms with Gasteiger partial charge in [-0.3, -0.25) is 4.79 Å². The van der Waals surface area contributed by atoms with Crippen molar-refractivity contribution < 1.29 is 4.79 Å². The van der Waals surface area contributed by atoms with E-state index in [2.05, 4.69) is 5.32 Å². The minimum Gasteiger partial charge on any atom is -0.351 e. The average molecular weight is 155 g/mol. The highest BCUT2D eigenvalue weighted by Crippen LogP contribution is 1.88. The minimum absolute atomic E-state index is 0.113. The summed E-state index contributed by atoms with van der Waals surface area (Å²) in [5.74, 6) is -0.215. The molecule has 0 aromatic rings. The molecule has 0 aliphatic heterocycles. The Hall–Kier alpha value is -1.08. The fourth-order valence-corrected chi connectivity index (χ4v) is 0.562. The Morgan fingerprint density at radius 2 is 2.27 bits per heavy atom. The van der Waals surface area contributed by atoms with Crippen LogP contribution < -0.4 is 11.1 Å². The third-order valence-electron chi connectivity index (χ3n) is 1.20. The predicted molar refractivity (Wildman–Crippen MR) is 41.5 cm³/mol. The lowest BCUT2D eigenvalue weighted by molar-refractivity contribution is -0.122. The third-order valence-corrected chi connectivity index (χ3v) is 1.20. The van der Waals surface area contributed by atoms with Crippen molar-refractivity contribution in [2.45, 2.75) is 32.4 Å². The zero-order chi connectivity index (χ0) is 8.85. The van der Waals surface area contributed by atoms with E-state index in [1.165, 1.54) is 0 Å². The molecule has 0 rings (SSSR count). The van der Waals surface area contributed by atoms with Crippen LogP contribution >= 0.6 is 0 Å². The number of nitrogens with one attached hydrogen (secondary N) is 1. The van der Waals surface area contributed by atoms with Gasteiger partial charge >= 0.3 is 0 Å². The lowest BCUT2D eigenvalue weighted by atomic mass is 10.2. The molecular formula is C7H13N3O. The SMILES string of the molecule is CC(CC#N)NC(=O)[C@@H](C)N. The van der Waals surface area contributed by atoms with Crippen LogP contribution in [-0.2, 0) is 4.79 Å². The fraction of sp³-hybridized carbons (Fsp3) is 0.714. The van der Waals surface area contributed by atoms with Gasteiger partial charge in [0.1, 0.15) is 0 Å². The Morgan fingerprint density at radius 1 is 1.73 bits per heavy atom. The number of hydrogen-bond acceptors (Lipinski definition) is 3. The molecule has 0 heterocycles. The monoisotopic (exact) mass is 155 g/mol. The van der Waals surface area contributed by atoms with E-state index in [1.54, 1.807) is 13.8 Å². The zero-order valence-corrected chi connectivity index (χ0v) is 6.79. The maximum atomic E-state index is 10.9. The number of carbonyl (C=O) groups excluding carboxylic acids is 1. The number of nitrogens with two attached hydrogens (primary N) is 1. The summed E-state index contributed by atoms with van der Waals surface area (Å²) >= 11 is 0. The Labute approximate surface area is 66.4 Å². The van der Waals surface area contributed by atoms with Crippen molar-refractivity contribution in [3.05, 3.63) is 0 Å². The lowest BCUT2D eigenvalue weighted by Crippen LogP contribution is -2.42. The van der Waals surface area contributed by atoms with Crippen LogP contribution in [0.4, 0.5) is 0 Å². The second-order valence-corrected chi connectivity index (χ2v) is 2.56. The van der Waals surface area contributed by atoms with Crippen molar-refractivity contribution >= 4 is 5.91 Å². The van der Waals surface area contributed by atoms with Crippen molar-refractivity contribution in [1.82, 2.24) is 5.32 Å². The van der Waals surface area contributed by atoms with E-state index in [1.807, 2.05) is 6.07 Å². The first-order valence-electron chi connectivity index (χ1n) is 3.50. The summed E-state index contributed by atoms with van der Waals surface area (Å²) in [5, 5.41) is 10.8. The number of hydrogen-bond donors (Lipinski definition) is 2. The van der Waals surface area contributed by atoms with Gasteiger partial charge < -0.3 is 11.1 Å². The summed E-state index contributed by atoms with van der Waals surface area (Å²) in [7, 11) is 0. The summed E-state index contributed by atoms with van der Waals surface area (Å²) in [6, 6.07) is 1.34. The van der Waals surface area contributed by atoms with E-state index in [0.717, 1.165) is 0 Å². The van der Waals surface area contributed by atoms with Gasteiger partial charge in [-0.25, -0.2) is 0 Å². The summed E-state index contributed by atoms with van der Waals surface area (Å²) in [6.45, 7) is 3.37. The van der Waals surface area contributed by atoms with Crippen LogP contribution in [-0.4, -0.2) is 18.0 Å². The van der Waals surface area contributed by atoms with Crippen molar-refractivity contribution in [2.24, 2.45) is 5.73 Å². The highest BCUT2D eigenvalue weighted by atomic mass is 16.2. The van der Waals surface area contributed by atoms with Crippen LogP contribution in [0.15, 0.2) is 0 Å². The molecule has 0 aromatic heterocycles. The highest BCUT2D eigenvalue weighted by Gasteiger charge is 2.09. The van der Waals surface area contributed by atoms with Crippen molar-refractivity contribution in [2.75, 3.05) is 0 Å². The quantitative estimate of drug-likeness (QED) is 0.590. The first-order chi connectivity index (χ1) is 5.07. The molecule has 11 heavy (non-hydrogen) atoms. The zero-order valence-electron chi connectivity index (χ0n) is 6.79. The predicted octanol–water partition coefficient (Wildman–Crippen LogP) is -0.248. The molecule has 0 bridgehead atoms. The van der Waals surface area contributed by atoms with Crippen LogP contribution in [0.5, 0.6) is 0 Å². The molecule has 0 saturated heterocycles. The van der Waals surface area contributed by atoms with Gasteiger partial charge in [-0.05, 0) is 13.8 Å². The van der Waals surface area contributed by atoms with Crippen LogP contribution in [0, 0.1) is 11.3 Å². The number of nitriles is 1. The summed E-state index contributed by atoms with van der Waals surface area (Å²) in [6.07, 6.45) is 0.318. The van der Waals surface area contributed by atoms with E-state index in [9.17, 15) is 4.79 Å². The number of rotatable bonds is 3. The van der Waals surface area contributed by atoms with E-state index >= 15 is 0 Å². The Balaban J connectivity index is 3.68. The molecule has 0 aliphatic rings. The molecule has 2 atom stereocenters. The molecule has 0 radical (unpaired) electrons. The first kappa shape index (κ1) is 9.92. The largest absolute Gasteiger partial charge is 0.351 e. The van der Waals surface area contributed by atoms with Gasteiger partial charge in [-0.15, -0.1) is 0 Å². The molecule has 3 N–H and O–H groups in total. The van der Waals surface area contributed by atoms with Gasteiger partial charge in [0.2, 0.25) is 5.91 Å². The molecule has 0 spiro atoms. The van der Waals surface area contributed by atoms with E-state index in [4.69, 9.17) is 11.0 Å². The summed E-state index contributed by atoms with van der Waals surface area (Å²) < 4.78 is 0. The van der Waals surface area contributed by atoms with Crippen molar-refractivity contribution in [1.29, 1.82) is 5.26 Å². The highest BCUT2D eigenvalue weighted by molar-refractivity contribution is 5.81. The number of amides is 1. The summed E-state index contributed by atoms with van der Waals surface area (Å²) in [5.41, 5.74) is 5.29. The van der Waals surface area contributed by atoms with Crippen molar-refractivity contribution in [3.8, 4) is 6.07 Å². The molecule has 62 valence electrons. The van der Waals surface area contributed by atoms with Crippen LogP contribution in [0.2, 0.25) is 0 Å². The van der Waals surface area contributed by atoms with Crippen LogP contribution in [0.25, 0.3) is 0 Å². The molecule has 0 fully saturated rings. The second kappa shape index (κ2) is 4.69. The minimum atomic E-state index is -0.504. The third kappa shape index (κ3) is 4.34. The van der Waals surface area contributed by atoms with Crippen LogP contribution in [0.1, 0.15) is 20.3 Å². The molecule has 0 saturated carbocycles. The van der Waals surface area contributed by atoms with Crippen LogP contribution in [0.3, 0.4) is 0 Å². The standard InChI is InChI=1S/C7H13N3O/c1-5(3-4-8)10-7(11)6(2)9/h5-6H,3,9H2,1-2H3,(H,10,11)/t5?,6-/m1/s1. The molecule has 1 unspecified atom stereocenters. The first-order valence-corrected chi connectivity index (χ1v) is 3.50. The summed E-state index contributed by atoms with van der Waals surface area (Å²) in [4.78, 5) is 10.9. The van der Waals surface area contributed by atoms with Gasteiger partial charge in [0.05, 0.1) is 18.5 Å². The maximum Gasteiger partial charge on any atom is 0.236 e. The Kier molecular flexibility index (Phi) is 4.23. The average Bonchev–Trinajstić information content (AvgIpc) is 1.87. The van der Waals surface area contributed by atoms with Gasteiger partial charge in [0.15, 0.2) is 0 Å². The van der Waals surface area contributed by atoms with E-state index < -0.39 is 6.04 Å². The molecule has 0 aromatic carbocycles. The van der Waals surface area contributed by atoms with Gasteiger partial charge in [0, 0.05) is 6.04 Å². The Morgan fingerprint density at radius 3 is 2.64 bits per heavy atom. The lowest BCUT2D eigenvalue weighted by Gasteiger charge is -2.11. The molecule has 1 amide bonds. The number of nitrogens with zero attached hydrogens (tertiary/aromatic N) is 1.